The minimum atomic E-state index is -0.261. The van der Waals surface area contributed by atoms with E-state index >= 15 is 0 Å². The highest BCUT2D eigenvalue weighted by molar-refractivity contribution is 5.91. The molecule has 0 fully saturated rings. The zero-order valence-corrected chi connectivity index (χ0v) is 17.1. The molecule has 0 radical (unpaired) electrons. The zero-order valence-electron chi connectivity index (χ0n) is 17.1. The summed E-state index contributed by atoms with van der Waals surface area (Å²) in [6.07, 6.45) is 0. The SMILES string of the molecule is Cc1ccc(C(C)C)c(OCc2ccc(C(=O)NCc3cc(C)nn3C)o2)c1. The van der Waals surface area contributed by atoms with E-state index in [1.54, 1.807) is 16.8 Å². The predicted molar refractivity (Wildman–Crippen MR) is 107 cm³/mol. The van der Waals surface area contributed by atoms with Crippen molar-refractivity contribution < 1.29 is 13.9 Å². The van der Waals surface area contributed by atoms with Gasteiger partial charge in [0, 0.05) is 7.05 Å². The van der Waals surface area contributed by atoms with Crippen molar-refractivity contribution in [3.05, 3.63) is 70.4 Å². The molecule has 0 unspecified atom stereocenters. The van der Waals surface area contributed by atoms with E-state index in [4.69, 9.17) is 9.15 Å². The fraction of sp³-hybridized carbons (Fsp3) is 0.364. The summed E-state index contributed by atoms with van der Waals surface area (Å²) in [4.78, 5) is 12.3. The highest BCUT2D eigenvalue weighted by Crippen LogP contribution is 2.28. The molecule has 0 saturated carbocycles. The molecule has 3 rings (SSSR count). The van der Waals surface area contributed by atoms with Crippen molar-refractivity contribution >= 4 is 5.91 Å². The van der Waals surface area contributed by atoms with Crippen LogP contribution in [0.1, 0.15) is 58.6 Å². The van der Waals surface area contributed by atoms with Crippen molar-refractivity contribution in [3.8, 4) is 5.75 Å². The number of hydrogen-bond donors (Lipinski definition) is 1. The number of amides is 1. The van der Waals surface area contributed by atoms with Crippen LogP contribution in [0.15, 0.2) is 40.8 Å². The smallest absolute Gasteiger partial charge is 0.287 e. The van der Waals surface area contributed by atoms with Crippen molar-refractivity contribution in [2.45, 2.75) is 46.8 Å². The van der Waals surface area contributed by atoms with Gasteiger partial charge in [0.15, 0.2) is 5.76 Å². The van der Waals surface area contributed by atoms with E-state index < -0.39 is 0 Å². The molecule has 3 aromatic rings. The van der Waals surface area contributed by atoms with Crippen molar-refractivity contribution in [2.75, 3.05) is 0 Å². The summed E-state index contributed by atoms with van der Waals surface area (Å²) >= 11 is 0. The Kier molecular flexibility index (Phi) is 5.87. The fourth-order valence-corrected chi connectivity index (χ4v) is 3.06. The van der Waals surface area contributed by atoms with Gasteiger partial charge in [0.05, 0.1) is 17.9 Å². The maximum atomic E-state index is 12.3. The number of aromatic nitrogens is 2. The number of furan rings is 1. The first-order valence-electron chi connectivity index (χ1n) is 9.43. The molecule has 0 aliphatic carbocycles. The number of nitrogens with zero attached hydrogens (tertiary/aromatic N) is 2. The lowest BCUT2D eigenvalue weighted by Crippen LogP contribution is -2.23. The Morgan fingerprint density at radius 3 is 2.68 bits per heavy atom. The highest BCUT2D eigenvalue weighted by Gasteiger charge is 2.14. The Bertz CT molecular complexity index is 969. The molecular weight excluding hydrogens is 354 g/mol. The summed E-state index contributed by atoms with van der Waals surface area (Å²) in [7, 11) is 1.85. The van der Waals surface area contributed by atoms with Crippen LogP contribution < -0.4 is 10.1 Å². The highest BCUT2D eigenvalue weighted by atomic mass is 16.5. The van der Waals surface area contributed by atoms with Gasteiger partial charge in [-0.05, 0) is 55.2 Å². The first kappa shape index (κ1) is 19.7. The molecule has 6 nitrogen and oxygen atoms in total. The number of aryl methyl sites for hydroxylation is 3. The van der Waals surface area contributed by atoms with Gasteiger partial charge in [-0.15, -0.1) is 0 Å². The maximum Gasteiger partial charge on any atom is 0.287 e. The van der Waals surface area contributed by atoms with Crippen molar-refractivity contribution in [1.29, 1.82) is 0 Å². The van der Waals surface area contributed by atoms with Gasteiger partial charge < -0.3 is 14.5 Å². The first-order valence-corrected chi connectivity index (χ1v) is 9.43. The van der Waals surface area contributed by atoms with Gasteiger partial charge >= 0.3 is 0 Å². The fourth-order valence-electron chi connectivity index (χ4n) is 3.06. The largest absolute Gasteiger partial charge is 0.485 e. The number of rotatable bonds is 7. The second-order valence-electron chi connectivity index (χ2n) is 7.33. The van der Waals surface area contributed by atoms with Crippen molar-refractivity contribution in [3.63, 3.8) is 0 Å². The Morgan fingerprint density at radius 1 is 1.21 bits per heavy atom. The quantitative estimate of drug-likeness (QED) is 0.664. The number of ether oxygens (including phenoxy) is 1. The third kappa shape index (κ3) is 4.63. The minimum Gasteiger partial charge on any atom is -0.485 e. The van der Waals surface area contributed by atoms with Crippen LogP contribution in [0.25, 0.3) is 0 Å². The molecule has 0 aliphatic rings. The molecule has 0 spiro atoms. The van der Waals surface area contributed by atoms with Crippen LogP contribution >= 0.6 is 0 Å². The maximum absolute atomic E-state index is 12.3. The van der Waals surface area contributed by atoms with Crippen molar-refractivity contribution in [2.24, 2.45) is 7.05 Å². The normalized spacial score (nSPS) is 11.1. The van der Waals surface area contributed by atoms with E-state index in [-0.39, 0.29) is 18.3 Å². The molecule has 6 heteroatoms. The molecule has 1 amide bonds. The monoisotopic (exact) mass is 381 g/mol. The van der Waals surface area contributed by atoms with E-state index in [0.717, 1.165) is 28.3 Å². The van der Waals surface area contributed by atoms with E-state index in [2.05, 4.69) is 36.4 Å². The van der Waals surface area contributed by atoms with E-state index in [1.165, 1.54) is 0 Å². The van der Waals surface area contributed by atoms with Gasteiger partial charge in [-0.25, -0.2) is 0 Å². The average Bonchev–Trinajstić information content (AvgIpc) is 3.23. The van der Waals surface area contributed by atoms with Crippen LogP contribution in [0.5, 0.6) is 5.75 Å². The average molecular weight is 381 g/mol. The molecular formula is C22H27N3O3. The Morgan fingerprint density at radius 2 is 2.00 bits per heavy atom. The summed E-state index contributed by atoms with van der Waals surface area (Å²) in [5, 5.41) is 7.12. The number of carbonyl (C=O) groups is 1. The third-order valence-corrected chi connectivity index (χ3v) is 4.58. The van der Waals surface area contributed by atoms with Gasteiger partial charge in [-0.2, -0.15) is 5.10 Å². The Hall–Kier alpha value is -3.02. The molecule has 0 atom stereocenters. The minimum absolute atomic E-state index is 0.261. The predicted octanol–water partition coefficient (Wildman–Crippen LogP) is 4.26. The third-order valence-electron chi connectivity index (χ3n) is 4.58. The summed E-state index contributed by atoms with van der Waals surface area (Å²) in [6, 6.07) is 11.6. The molecule has 148 valence electrons. The number of carbonyl (C=O) groups excluding carboxylic acids is 1. The van der Waals surface area contributed by atoms with Crippen LogP contribution in [0.4, 0.5) is 0 Å². The van der Waals surface area contributed by atoms with Gasteiger partial charge in [0.25, 0.3) is 5.91 Å². The number of benzene rings is 1. The summed E-state index contributed by atoms with van der Waals surface area (Å²) in [6.45, 7) is 8.90. The second kappa shape index (κ2) is 8.33. The van der Waals surface area contributed by atoms with Gasteiger partial charge in [-0.3, -0.25) is 9.48 Å². The first-order chi connectivity index (χ1) is 13.3. The number of hydrogen-bond acceptors (Lipinski definition) is 4. The van der Waals surface area contributed by atoms with Crippen LogP contribution in [0.3, 0.4) is 0 Å². The zero-order chi connectivity index (χ0) is 20.3. The molecule has 2 aromatic heterocycles. The molecule has 2 heterocycles. The lowest BCUT2D eigenvalue weighted by molar-refractivity contribution is 0.0918. The van der Waals surface area contributed by atoms with Crippen LogP contribution in [-0.4, -0.2) is 15.7 Å². The molecule has 28 heavy (non-hydrogen) atoms. The lowest BCUT2D eigenvalue weighted by atomic mass is 10.0. The Balaban J connectivity index is 1.60. The summed E-state index contributed by atoms with van der Waals surface area (Å²) < 4.78 is 13.4. The topological polar surface area (TPSA) is 69.3 Å². The molecule has 0 bridgehead atoms. The molecule has 0 saturated heterocycles. The van der Waals surface area contributed by atoms with Crippen molar-refractivity contribution in [1.82, 2.24) is 15.1 Å². The summed E-state index contributed by atoms with van der Waals surface area (Å²) in [5.41, 5.74) is 4.15. The van der Waals surface area contributed by atoms with E-state index in [0.29, 0.717) is 18.2 Å². The van der Waals surface area contributed by atoms with Gasteiger partial charge in [0.1, 0.15) is 18.1 Å². The summed E-state index contributed by atoms with van der Waals surface area (Å²) in [5.74, 6) is 1.83. The van der Waals surface area contributed by atoms with E-state index in [9.17, 15) is 4.79 Å². The molecule has 0 aliphatic heterocycles. The van der Waals surface area contributed by atoms with Gasteiger partial charge in [-0.1, -0.05) is 26.0 Å². The lowest BCUT2D eigenvalue weighted by Gasteiger charge is -2.14. The van der Waals surface area contributed by atoms with Gasteiger partial charge in [0.2, 0.25) is 0 Å². The second-order valence-corrected chi connectivity index (χ2v) is 7.33. The molecule has 1 aromatic carbocycles. The number of nitrogens with one attached hydrogen (secondary N) is 1. The standard InChI is InChI=1S/C22H27N3O3/c1-14(2)19-8-6-15(3)10-21(19)27-13-18-7-9-20(28-18)22(26)23-12-17-11-16(4)24-25(17)5/h6-11,14H,12-13H2,1-5H3,(H,23,26). The van der Waals surface area contributed by atoms with Crippen LogP contribution in [0, 0.1) is 13.8 Å². The van der Waals surface area contributed by atoms with E-state index in [1.807, 2.05) is 33.0 Å². The molecule has 1 N–H and O–H groups in total. The van der Waals surface area contributed by atoms with Crippen LogP contribution in [0.2, 0.25) is 0 Å². The van der Waals surface area contributed by atoms with Crippen LogP contribution in [-0.2, 0) is 20.2 Å². The Labute approximate surface area is 165 Å².